The van der Waals surface area contributed by atoms with Gasteiger partial charge in [-0.3, -0.25) is 9.59 Å². The zero-order valence-electron chi connectivity index (χ0n) is 10.2. The van der Waals surface area contributed by atoms with E-state index in [4.69, 9.17) is 0 Å². The predicted molar refractivity (Wildman–Crippen MR) is 70.9 cm³/mol. The number of carbonyl (C=O) groups is 2. The van der Waals surface area contributed by atoms with Crippen molar-refractivity contribution in [2.45, 2.75) is 13.3 Å². The lowest BCUT2D eigenvalue weighted by molar-refractivity contribution is 0.0987. The fourth-order valence-corrected chi connectivity index (χ4v) is 1.81. The van der Waals surface area contributed by atoms with Crippen molar-refractivity contribution in [1.29, 1.82) is 0 Å². The summed E-state index contributed by atoms with van der Waals surface area (Å²) in [5.74, 6) is 0.0836. The van der Waals surface area contributed by atoms with E-state index in [1.54, 1.807) is 24.3 Å². The number of ketones is 2. The van der Waals surface area contributed by atoms with Crippen molar-refractivity contribution in [3.05, 3.63) is 71.3 Å². The third-order valence-electron chi connectivity index (χ3n) is 2.79. The Morgan fingerprint density at radius 1 is 0.889 bits per heavy atom. The number of benzene rings is 2. The van der Waals surface area contributed by atoms with Gasteiger partial charge in [0.1, 0.15) is 0 Å². The summed E-state index contributed by atoms with van der Waals surface area (Å²) in [4.78, 5) is 23.3. The standard InChI is InChI=1S/C16H14O2/c1-12(17)15-9-5-6-13(10-15)11-16(18)14-7-3-2-4-8-14/h2-10H,11H2,1H3. The number of hydrogen-bond donors (Lipinski definition) is 0. The van der Waals surface area contributed by atoms with Gasteiger partial charge in [-0.25, -0.2) is 0 Å². The van der Waals surface area contributed by atoms with Crippen molar-refractivity contribution in [3.63, 3.8) is 0 Å². The zero-order valence-corrected chi connectivity index (χ0v) is 10.2. The summed E-state index contributed by atoms with van der Waals surface area (Å²) in [6.07, 6.45) is 0.325. The highest BCUT2D eigenvalue weighted by Crippen LogP contribution is 2.10. The van der Waals surface area contributed by atoms with Gasteiger partial charge in [0, 0.05) is 17.5 Å². The number of carbonyl (C=O) groups excluding carboxylic acids is 2. The van der Waals surface area contributed by atoms with E-state index >= 15 is 0 Å². The highest BCUT2D eigenvalue weighted by molar-refractivity contribution is 5.98. The van der Waals surface area contributed by atoms with Crippen molar-refractivity contribution in [1.82, 2.24) is 0 Å². The molecule has 0 saturated heterocycles. The van der Waals surface area contributed by atoms with E-state index < -0.39 is 0 Å². The minimum Gasteiger partial charge on any atom is -0.295 e. The molecule has 0 aliphatic carbocycles. The van der Waals surface area contributed by atoms with Gasteiger partial charge < -0.3 is 0 Å². The van der Waals surface area contributed by atoms with Crippen molar-refractivity contribution < 1.29 is 9.59 Å². The van der Waals surface area contributed by atoms with Crippen LogP contribution < -0.4 is 0 Å². The topological polar surface area (TPSA) is 34.1 Å². The van der Waals surface area contributed by atoms with Crippen molar-refractivity contribution in [3.8, 4) is 0 Å². The normalized spacial score (nSPS) is 10.1. The summed E-state index contributed by atoms with van der Waals surface area (Å²) in [5.41, 5.74) is 2.22. The van der Waals surface area contributed by atoms with Crippen LogP contribution in [0.15, 0.2) is 54.6 Å². The molecular formula is C16H14O2. The van der Waals surface area contributed by atoms with Crippen molar-refractivity contribution >= 4 is 11.6 Å². The van der Waals surface area contributed by atoms with Crippen molar-refractivity contribution in [2.75, 3.05) is 0 Å². The molecule has 0 unspecified atom stereocenters. The molecule has 0 amide bonds. The van der Waals surface area contributed by atoms with Gasteiger partial charge in [-0.05, 0) is 18.6 Å². The SMILES string of the molecule is CC(=O)c1cccc(CC(=O)c2ccccc2)c1. The van der Waals surface area contributed by atoms with Gasteiger partial charge in [0.05, 0.1) is 0 Å². The predicted octanol–water partition coefficient (Wildman–Crippen LogP) is 3.31. The number of rotatable bonds is 4. The Hall–Kier alpha value is -2.22. The lowest BCUT2D eigenvalue weighted by Gasteiger charge is -2.03. The molecule has 0 radical (unpaired) electrons. The van der Waals surface area contributed by atoms with Crippen LogP contribution in [0.2, 0.25) is 0 Å². The van der Waals surface area contributed by atoms with E-state index in [-0.39, 0.29) is 11.6 Å². The minimum atomic E-state index is 0.0176. The molecule has 0 atom stereocenters. The van der Waals surface area contributed by atoms with Gasteiger partial charge in [-0.2, -0.15) is 0 Å². The van der Waals surface area contributed by atoms with E-state index in [1.807, 2.05) is 30.3 Å². The van der Waals surface area contributed by atoms with E-state index in [0.717, 1.165) is 5.56 Å². The van der Waals surface area contributed by atoms with E-state index in [0.29, 0.717) is 17.5 Å². The smallest absolute Gasteiger partial charge is 0.167 e. The molecule has 0 fully saturated rings. The molecule has 2 aromatic rings. The molecule has 2 rings (SSSR count). The summed E-state index contributed by atoms with van der Waals surface area (Å²) in [5, 5.41) is 0. The minimum absolute atomic E-state index is 0.0176. The molecule has 2 aromatic carbocycles. The van der Waals surface area contributed by atoms with Crippen molar-refractivity contribution in [2.24, 2.45) is 0 Å². The van der Waals surface area contributed by atoms with Crippen LogP contribution in [-0.2, 0) is 6.42 Å². The quantitative estimate of drug-likeness (QED) is 0.766. The van der Waals surface area contributed by atoms with Gasteiger partial charge >= 0.3 is 0 Å². The Morgan fingerprint density at radius 3 is 2.22 bits per heavy atom. The van der Waals surface area contributed by atoms with Gasteiger partial charge in [0.15, 0.2) is 11.6 Å². The maximum absolute atomic E-state index is 12.0. The van der Waals surface area contributed by atoms with Crippen LogP contribution in [0.1, 0.15) is 33.2 Å². The Bertz CT molecular complexity index is 571. The summed E-state index contributed by atoms with van der Waals surface area (Å²) >= 11 is 0. The second-order valence-corrected chi connectivity index (χ2v) is 4.22. The second-order valence-electron chi connectivity index (χ2n) is 4.22. The first kappa shape index (κ1) is 12.2. The molecule has 0 bridgehead atoms. The highest BCUT2D eigenvalue weighted by Gasteiger charge is 2.07. The molecule has 0 N–H and O–H groups in total. The highest BCUT2D eigenvalue weighted by atomic mass is 16.1. The molecule has 0 aliphatic heterocycles. The molecule has 2 nitrogen and oxygen atoms in total. The Kier molecular flexibility index (Phi) is 3.68. The molecule has 18 heavy (non-hydrogen) atoms. The summed E-state index contributed by atoms with van der Waals surface area (Å²) in [6, 6.07) is 16.4. The first-order valence-electron chi connectivity index (χ1n) is 5.85. The van der Waals surface area contributed by atoms with Gasteiger partial charge in [0.2, 0.25) is 0 Å². The average Bonchev–Trinajstić information content (AvgIpc) is 2.40. The molecule has 0 heterocycles. The van der Waals surface area contributed by atoms with Gasteiger partial charge in [-0.15, -0.1) is 0 Å². The van der Waals surface area contributed by atoms with E-state index in [1.165, 1.54) is 6.92 Å². The lowest BCUT2D eigenvalue weighted by atomic mass is 10.0. The number of hydrogen-bond acceptors (Lipinski definition) is 2. The van der Waals surface area contributed by atoms with Crippen LogP contribution >= 0.6 is 0 Å². The molecule has 0 aliphatic rings. The fourth-order valence-electron chi connectivity index (χ4n) is 1.81. The third kappa shape index (κ3) is 2.92. The van der Waals surface area contributed by atoms with Gasteiger partial charge in [0.25, 0.3) is 0 Å². The van der Waals surface area contributed by atoms with Crippen LogP contribution in [0.4, 0.5) is 0 Å². The summed E-state index contributed by atoms with van der Waals surface area (Å²) in [6.45, 7) is 1.53. The first-order valence-corrected chi connectivity index (χ1v) is 5.85. The summed E-state index contributed by atoms with van der Waals surface area (Å²) < 4.78 is 0. The summed E-state index contributed by atoms with van der Waals surface area (Å²) in [7, 11) is 0. The third-order valence-corrected chi connectivity index (χ3v) is 2.79. The molecule has 2 heteroatoms. The zero-order chi connectivity index (χ0) is 13.0. The Morgan fingerprint density at radius 2 is 1.56 bits per heavy atom. The maximum Gasteiger partial charge on any atom is 0.167 e. The van der Waals surface area contributed by atoms with E-state index in [9.17, 15) is 9.59 Å². The maximum atomic E-state index is 12.0. The Labute approximate surface area is 106 Å². The molecular weight excluding hydrogens is 224 g/mol. The number of Topliss-reactive ketones (excluding diaryl/α,β-unsaturated/α-hetero) is 2. The molecule has 0 aromatic heterocycles. The Balaban J connectivity index is 2.17. The average molecular weight is 238 g/mol. The van der Waals surface area contributed by atoms with Crippen LogP contribution in [0.5, 0.6) is 0 Å². The largest absolute Gasteiger partial charge is 0.295 e. The van der Waals surface area contributed by atoms with Crippen LogP contribution in [0, 0.1) is 0 Å². The lowest BCUT2D eigenvalue weighted by Crippen LogP contribution is -2.04. The molecule has 0 spiro atoms. The first-order chi connectivity index (χ1) is 8.66. The fraction of sp³-hybridized carbons (Fsp3) is 0.125. The van der Waals surface area contributed by atoms with Crippen LogP contribution in [0.3, 0.4) is 0 Å². The van der Waals surface area contributed by atoms with Crippen LogP contribution in [0.25, 0.3) is 0 Å². The monoisotopic (exact) mass is 238 g/mol. The molecule has 0 saturated carbocycles. The van der Waals surface area contributed by atoms with Gasteiger partial charge in [-0.1, -0.05) is 48.5 Å². The van der Waals surface area contributed by atoms with E-state index in [2.05, 4.69) is 0 Å². The molecule has 90 valence electrons. The second kappa shape index (κ2) is 5.41. The van der Waals surface area contributed by atoms with Crippen LogP contribution in [-0.4, -0.2) is 11.6 Å².